The Morgan fingerprint density at radius 2 is 1.90 bits per heavy atom. The molecule has 21 heavy (non-hydrogen) atoms. The Balaban J connectivity index is 2.31. The molecule has 1 fully saturated rings. The Hall–Kier alpha value is -1.14. The Morgan fingerprint density at radius 3 is 2.57 bits per heavy atom. The van der Waals surface area contributed by atoms with Crippen LogP contribution in [0, 0.1) is 0 Å². The average molecular weight is 299 g/mol. The molecule has 1 saturated heterocycles. The second-order valence-electron chi connectivity index (χ2n) is 5.60. The topological polar surface area (TPSA) is 53.1 Å². The number of hydrogen-bond donors (Lipinski definition) is 0. The van der Waals surface area contributed by atoms with Crippen molar-refractivity contribution in [3.63, 3.8) is 0 Å². The summed E-state index contributed by atoms with van der Waals surface area (Å²) in [6.45, 7) is 6.92. The smallest absolute Gasteiger partial charge is 0.236 e. The molecule has 2 amide bonds. The SMILES string of the molecule is CCOCCCC(=O)N1CCCN(CC(=O)N(C)C)CC1. The molecule has 1 heterocycles. The van der Waals surface area contributed by atoms with Crippen molar-refractivity contribution in [1.29, 1.82) is 0 Å². The summed E-state index contributed by atoms with van der Waals surface area (Å²) in [5.74, 6) is 0.321. The normalized spacial score (nSPS) is 16.6. The first-order valence-corrected chi connectivity index (χ1v) is 7.82. The Kier molecular flexibility index (Phi) is 8.30. The van der Waals surface area contributed by atoms with Gasteiger partial charge >= 0.3 is 0 Å². The van der Waals surface area contributed by atoms with Gasteiger partial charge in [0.15, 0.2) is 0 Å². The zero-order valence-electron chi connectivity index (χ0n) is 13.6. The lowest BCUT2D eigenvalue weighted by molar-refractivity contribution is -0.131. The van der Waals surface area contributed by atoms with E-state index in [-0.39, 0.29) is 11.8 Å². The van der Waals surface area contributed by atoms with Crippen LogP contribution in [-0.2, 0) is 14.3 Å². The van der Waals surface area contributed by atoms with Gasteiger partial charge in [-0.15, -0.1) is 0 Å². The molecule has 0 aliphatic carbocycles. The van der Waals surface area contributed by atoms with Crippen LogP contribution in [0.5, 0.6) is 0 Å². The number of nitrogens with zero attached hydrogens (tertiary/aromatic N) is 3. The summed E-state index contributed by atoms with van der Waals surface area (Å²) in [5, 5.41) is 0. The molecule has 0 aromatic rings. The molecule has 0 unspecified atom stereocenters. The fourth-order valence-electron chi connectivity index (χ4n) is 2.34. The molecule has 6 nitrogen and oxygen atoms in total. The van der Waals surface area contributed by atoms with E-state index < -0.39 is 0 Å². The van der Waals surface area contributed by atoms with Gasteiger partial charge in [-0.05, 0) is 19.8 Å². The number of ether oxygens (including phenoxy) is 1. The molecule has 1 aliphatic heterocycles. The Bertz CT molecular complexity index is 334. The van der Waals surface area contributed by atoms with Gasteiger partial charge in [-0.25, -0.2) is 0 Å². The van der Waals surface area contributed by atoms with Gasteiger partial charge in [-0.2, -0.15) is 0 Å². The highest BCUT2D eigenvalue weighted by Crippen LogP contribution is 2.06. The second kappa shape index (κ2) is 9.73. The van der Waals surface area contributed by atoms with E-state index in [4.69, 9.17) is 4.74 Å². The van der Waals surface area contributed by atoms with E-state index >= 15 is 0 Å². The van der Waals surface area contributed by atoms with E-state index in [2.05, 4.69) is 4.90 Å². The molecule has 0 aromatic carbocycles. The lowest BCUT2D eigenvalue weighted by Crippen LogP contribution is -2.39. The molecule has 0 spiro atoms. The Labute approximate surface area is 128 Å². The van der Waals surface area contributed by atoms with E-state index in [0.29, 0.717) is 32.7 Å². The number of likely N-dealkylation sites (N-methyl/N-ethyl adjacent to an activating group) is 1. The van der Waals surface area contributed by atoms with E-state index in [1.165, 1.54) is 0 Å². The lowest BCUT2D eigenvalue weighted by Gasteiger charge is -2.22. The van der Waals surface area contributed by atoms with Gasteiger partial charge in [0.1, 0.15) is 0 Å². The van der Waals surface area contributed by atoms with E-state index in [1.54, 1.807) is 19.0 Å². The molecule has 6 heteroatoms. The lowest BCUT2D eigenvalue weighted by atomic mass is 10.2. The monoisotopic (exact) mass is 299 g/mol. The second-order valence-corrected chi connectivity index (χ2v) is 5.60. The molecule has 1 rings (SSSR count). The molecule has 0 bridgehead atoms. The van der Waals surface area contributed by atoms with Gasteiger partial charge < -0.3 is 14.5 Å². The summed E-state index contributed by atoms with van der Waals surface area (Å²) in [6, 6.07) is 0. The molecule has 122 valence electrons. The number of carbonyl (C=O) groups excluding carboxylic acids is 2. The van der Waals surface area contributed by atoms with Crippen LogP contribution < -0.4 is 0 Å². The molecule has 0 saturated carbocycles. The highest BCUT2D eigenvalue weighted by Gasteiger charge is 2.20. The summed E-state index contributed by atoms with van der Waals surface area (Å²) in [5.41, 5.74) is 0. The van der Waals surface area contributed by atoms with Crippen LogP contribution in [0.3, 0.4) is 0 Å². The van der Waals surface area contributed by atoms with Crippen LogP contribution in [0.15, 0.2) is 0 Å². The number of amides is 2. The number of carbonyl (C=O) groups is 2. The summed E-state index contributed by atoms with van der Waals surface area (Å²) in [7, 11) is 3.54. The van der Waals surface area contributed by atoms with Crippen molar-refractivity contribution in [3.05, 3.63) is 0 Å². The molecule has 1 aliphatic rings. The van der Waals surface area contributed by atoms with Crippen molar-refractivity contribution in [3.8, 4) is 0 Å². The van der Waals surface area contributed by atoms with Crippen LogP contribution in [0.25, 0.3) is 0 Å². The predicted octanol–water partition coefficient (Wildman–Crippen LogP) is 0.426. The van der Waals surface area contributed by atoms with Crippen molar-refractivity contribution in [2.75, 3.05) is 60.0 Å². The van der Waals surface area contributed by atoms with Crippen LogP contribution >= 0.6 is 0 Å². The minimum Gasteiger partial charge on any atom is -0.382 e. The van der Waals surface area contributed by atoms with Gasteiger partial charge in [-0.1, -0.05) is 0 Å². The van der Waals surface area contributed by atoms with Crippen molar-refractivity contribution < 1.29 is 14.3 Å². The maximum Gasteiger partial charge on any atom is 0.236 e. The van der Waals surface area contributed by atoms with E-state index in [9.17, 15) is 9.59 Å². The minimum atomic E-state index is 0.117. The Morgan fingerprint density at radius 1 is 1.14 bits per heavy atom. The summed E-state index contributed by atoms with van der Waals surface area (Å²) >= 11 is 0. The largest absolute Gasteiger partial charge is 0.382 e. The fraction of sp³-hybridized carbons (Fsp3) is 0.867. The third-order valence-corrected chi connectivity index (χ3v) is 3.68. The number of rotatable bonds is 7. The zero-order chi connectivity index (χ0) is 15.7. The number of hydrogen-bond acceptors (Lipinski definition) is 4. The van der Waals surface area contributed by atoms with Gasteiger partial charge in [0.25, 0.3) is 0 Å². The summed E-state index contributed by atoms with van der Waals surface area (Å²) < 4.78 is 5.26. The molecular formula is C15H29N3O3. The van der Waals surface area contributed by atoms with Crippen molar-refractivity contribution in [2.24, 2.45) is 0 Å². The average Bonchev–Trinajstić information content (AvgIpc) is 2.69. The first kappa shape index (κ1) is 17.9. The third-order valence-electron chi connectivity index (χ3n) is 3.68. The van der Waals surface area contributed by atoms with Crippen molar-refractivity contribution in [2.45, 2.75) is 26.2 Å². The first-order valence-electron chi connectivity index (χ1n) is 7.82. The zero-order valence-corrected chi connectivity index (χ0v) is 13.6. The predicted molar refractivity (Wildman–Crippen MR) is 82.1 cm³/mol. The fourth-order valence-corrected chi connectivity index (χ4v) is 2.34. The molecule has 0 N–H and O–H groups in total. The van der Waals surface area contributed by atoms with E-state index in [1.807, 2.05) is 11.8 Å². The molecule has 0 atom stereocenters. The van der Waals surface area contributed by atoms with Gasteiger partial charge in [-0.3, -0.25) is 14.5 Å². The summed E-state index contributed by atoms with van der Waals surface area (Å²) in [4.78, 5) is 29.5. The van der Waals surface area contributed by atoms with Gasteiger partial charge in [0, 0.05) is 59.9 Å². The first-order chi connectivity index (χ1) is 10.0. The van der Waals surface area contributed by atoms with Gasteiger partial charge in [0.2, 0.25) is 11.8 Å². The molecule has 0 aromatic heterocycles. The van der Waals surface area contributed by atoms with Gasteiger partial charge in [0.05, 0.1) is 6.54 Å². The van der Waals surface area contributed by atoms with E-state index in [0.717, 1.165) is 32.5 Å². The highest BCUT2D eigenvalue weighted by atomic mass is 16.5. The maximum absolute atomic E-state index is 12.1. The highest BCUT2D eigenvalue weighted by molar-refractivity contribution is 5.78. The third kappa shape index (κ3) is 6.91. The van der Waals surface area contributed by atoms with Crippen molar-refractivity contribution >= 4 is 11.8 Å². The van der Waals surface area contributed by atoms with Crippen LogP contribution in [0.4, 0.5) is 0 Å². The van der Waals surface area contributed by atoms with Crippen LogP contribution in [0.2, 0.25) is 0 Å². The quantitative estimate of drug-likeness (QED) is 0.640. The van der Waals surface area contributed by atoms with Crippen molar-refractivity contribution in [1.82, 2.24) is 14.7 Å². The van der Waals surface area contributed by atoms with Crippen LogP contribution in [0.1, 0.15) is 26.2 Å². The van der Waals surface area contributed by atoms with Crippen LogP contribution in [-0.4, -0.2) is 86.5 Å². The molecular weight excluding hydrogens is 270 g/mol. The summed E-state index contributed by atoms with van der Waals surface area (Å²) in [6.07, 6.45) is 2.26. The maximum atomic E-state index is 12.1. The molecule has 0 radical (unpaired) electrons. The standard InChI is InChI=1S/C15H29N3O3/c1-4-21-12-5-7-14(19)18-9-6-8-17(10-11-18)13-15(20)16(2)3/h4-13H2,1-3H3. The minimum absolute atomic E-state index is 0.117.